The lowest BCUT2D eigenvalue weighted by atomic mass is 9.99. The summed E-state index contributed by atoms with van der Waals surface area (Å²) in [4.78, 5) is 14.2. The summed E-state index contributed by atoms with van der Waals surface area (Å²) in [6.45, 7) is 6.29. The summed E-state index contributed by atoms with van der Waals surface area (Å²) in [5, 5.41) is 0. The van der Waals surface area contributed by atoms with Gasteiger partial charge in [0.1, 0.15) is 0 Å². The van der Waals surface area contributed by atoms with Crippen LogP contribution in [0.15, 0.2) is 29.8 Å². The van der Waals surface area contributed by atoms with Crippen molar-refractivity contribution < 1.29 is 14.3 Å². The minimum atomic E-state index is -0.251. The molecule has 2 aliphatic heterocycles. The number of ether oxygens (including phenoxy) is 2. The first-order valence-electron chi connectivity index (χ1n) is 8.54. The Labute approximate surface area is 138 Å². The SMILES string of the molecule is CCOC(=O)c1ccc(C=C2CCN(C3CCOC3)CC2)cc1. The first-order chi connectivity index (χ1) is 11.3. The first kappa shape index (κ1) is 16.2. The van der Waals surface area contributed by atoms with Crippen molar-refractivity contribution in [2.75, 3.05) is 32.9 Å². The molecule has 3 rings (SSSR count). The molecule has 0 spiro atoms. The summed E-state index contributed by atoms with van der Waals surface area (Å²) < 4.78 is 10.5. The van der Waals surface area contributed by atoms with Gasteiger partial charge in [-0.15, -0.1) is 0 Å². The van der Waals surface area contributed by atoms with Crippen LogP contribution in [0.4, 0.5) is 0 Å². The van der Waals surface area contributed by atoms with Gasteiger partial charge in [0.15, 0.2) is 0 Å². The predicted molar refractivity (Wildman–Crippen MR) is 90.4 cm³/mol. The average Bonchev–Trinajstić information content (AvgIpc) is 3.11. The Morgan fingerprint density at radius 3 is 2.65 bits per heavy atom. The number of esters is 1. The van der Waals surface area contributed by atoms with Gasteiger partial charge in [-0.05, 0) is 43.9 Å². The fourth-order valence-corrected chi connectivity index (χ4v) is 3.30. The zero-order valence-corrected chi connectivity index (χ0v) is 13.8. The highest BCUT2D eigenvalue weighted by molar-refractivity contribution is 5.89. The van der Waals surface area contributed by atoms with E-state index in [1.807, 2.05) is 31.2 Å². The molecule has 1 aromatic rings. The van der Waals surface area contributed by atoms with Crippen molar-refractivity contribution in [1.29, 1.82) is 0 Å². The van der Waals surface area contributed by atoms with Crippen molar-refractivity contribution in [1.82, 2.24) is 4.90 Å². The molecular formula is C19H25NO3. The Morgan fingerprint density at radius 1 is 1.30 bits per heavy atom. The number of piperidine rings is 1. The van der Waals surface area contributed by atoms with Crippen LogP contribution in [-0.2, 0) is 9.47 Å². The minimum absolute atomic E-state index is 0.251. The highest BCUT2D eigenvalue weighted by atomic mass is 16.5. The lowest BCUT2D eigenvalue weighted by molar-refractivity contribution is 0.0526. The Hall–Kier alpha value is -1.65. The maximum atomic E-state index is 11.7. The molecule has 0 amide bonds. The van der Waals surface area contributed by atoms with Gasteiger partial charge in [-0.1, -0.05) is 23.8 Å². The average molecular weight is 315 g/mol. The summed E-state index contributed by atoms with van der Waals surface area (Å²) >= 11 is 0. The predicted octanol–water partition coefficient (Wildman–Crippen LogP) is 3.13. The van der Waals surface area contributed by atoms with E-state index < -0.39 is 0 Å². The number of hydrogen-bond acceptors (Lipinski definition) is 4. The summed E-state index contributed by atoms with van der Waals surface area (Å²) in [6, 6.07) is 8.30. The lowest BCUT2D eigenvalue weighted by Gasteiger charge is -2.32. The van der Waals surface area contributed by atoms with Crippen LogP contribution in [0.5, 0.6) is 0 Å². The molecule has 4 nitrogen and oxygen atoms in total. The molecule has 23 heavy (non-hydrogen) atoms. The van der Waals surface area contributed by atoms with E-state index >= 15 is 0 Å². The van der Waals surface area contributed by atoms with Gasteiger partial charge in [0.05, 0.1) is 18.8 Å². The highest BCUT2D eigenvalue weighted by Gasteiger charge is 2.25. The molecule has 2 fully saturated rings. The normalized spacial score (nSPS) is 22.1. The van der Waals surface area contributed by atoms with Crippen molar-refractivity contribution >= 4 is 12.0 Å². The summed E-state index contributed by atoms with van der Waals surface area (Å²) in [5.41, 5.74) is 3.26. The van der Waals surface area contributed by atoms with E-state index in [-0.39, 0.29) is 5.97 Å². The van der Waals surface area contributed by atoms with Crippen molar-refractivity contribution in [3.05, 3.63) is 41.0 Å². The molecule has 0 bridgehead atoms. The number of hydrogen-bond donors (Lipinski definition) is 0. The molecule has 2 heterocycles. The zero-order valence-electron chi connectivity index (χ0n) is 13.8. The van der Waals surface area contributed by atoms with Crippen LogP contribution in [0.25, 0.3) is 6.08 Å². The van der Waals surface area contributed by atoms with Gasteiger partial charge >= 0.3 is 5.97 Å². The van der Waals surface area contributed by atoms with Crippen LogP contribution in [0.3, 0.4) is 0 Å². The third kappa shape index (κ3) is 4.21. The Balaban J connectivity index is 1.56. The molecule has 4 heteroatoms. The van der Waals surface area contributed by atoms with Gasteiger partial charge < -0.3 is 9.47 Å². The Bertz CT molecular complexity index is 548. The number of carbonyl (C=O) groups is 1. The quantitative estimate of drug-likeness (QED) is 0.800. The molecule has 2 aliphatic rings. The van der Waals surface area contributed by atoms with Crippen LogP contribution in [0, 0.1) is 0 Å². The monoisotopic (exact) mass is 315 g/mol. The second-order valence-electron chi connectivity index (χ2n) is 6.20. The van der Waals surface area contributed by atoms with Crippen LogP contribution in [0.1, 0.15) is 42.1 Å². The maximum absolute atomic E-state index is 11.7. The van der Waals surface area contributed by atoms with Gasteiger partial charge in [-0.2, -0.15) is 0 Å². The number of rotatable bonds is 4. The first-order valence-corrected chi connectivity index (χ1v) is 8.54. The third-order valence-corrected chi connectivity index (χ3v) is 4.65. The van der Waals surface area contributed by atoms with E-state index in [4.69, 9.17) is 9.47 Å². The maximum Gasteiger partial charge on any atom is 0.338 e. The van der Waals surface area contributed by atoms with E-state index in [0.717, 1.165) is 44.7 Å². The van der Waals surface area contributed by atoms with Crippen molar-refractivity contribution in [3.8, 4) is 0 Å². The van der Waals surface area contributed by atoms with Crippen LogP contribution >= 0.6 is 0 Å². The third-order valence-electron chi connectivity index (χ3n) is 4.65. The van der Waals surface area contributed by atoms with E-state index in [1.165, 1.54) is 12.0 Å². The standard InChI is InChI=1S/C19H25NO3/c1-2-23-19(21)17-5-3-15(4-6-17)13-16-7-10-20(11-8-16)18-9-12-22-14-18/h3-6,13,18H,2,7-12,14H2,1H3. The fourth-order valence-electron chi connectivity index (χ4n) is 3.30. The number of likely N-dealkylation sites (tertiary alicyclic amines) is 1. The topological polar surface area (TPSA) is 38.8 Å². The smallest absolute Gasteiger partial charge is 0.338 e. The summed E-state index contributed by atoms with van der Waals surface area (Å²) in [5.74, 6) is -0.251. The molecule has 0 radical (unpaired) electrons. The molecule has 2 saturated heterocycles. The number of carbonyl (C=O) groups excluding carboxylic acids is 1. The lowest BCUT2D eigenvalue weighted by Crippen LogP contribution is -2.39. The molecular weight excluding hydrogens is 290 g/mol. The van der Waals surface area contributed by atoms with Gasteiger partial charge in [-0.25, -0.2) is 4.79 Å². The molecule has 1 atom stereocenters. The molecule has 1 aromatic carbocycles. The molecule has 0 aliphatic carbocycles. The highest BCUT2D eigenvalue weighted by Crippen LogP contribution is 2.23. The minimum Gasteiger partial charge on any atom is -0.462 e. The number of nitrogens with zero attached hydrogens (tertiary/aromatic N) is 1. The van der Waals surface area contributed by atoms with E-state index in [0.29, 0.717) is 18.2 Å². The van der Waals surface area contributed by atoms with Gasteiger partial charge in [0, 0.05) is 25.7 Å². The van der Waals surface area contributed by atoms with Crippen molar-refractivity contribution in [3.63, 3.8) is 0 Å². The second kappa shape index (κ2) is 7.75. The van der Waals surface area contributed by atoms with E-state index in [1.54, 1.807) is 0 Å². The second-order valence-corrected chi connectivity index (χ2v) is 6.20. The van der Waals surface area contributed by atoms with E-state index in [9.17, 15) is 4.79 Å². The van der Waals surface area contributed by atoms with Crippen molar-refractivity contribution in [2.24, 2.45) is 0 Å². The van der Waals surface area contributed by atoms with Gasteiger partial charge in [0.25, 0.3) is 0 Å². The fraction of sp³-hybridized carbons (Fsp3) is 0.526. The van der Waals surface area contributed by atoms with Gasteiger partial charge in [-0.3, -0.25) is 4.90 Å². The molecule has 1 unspecified atom stereocenters. The van der Waals surface area contributed by atoms with Gasteiger partial charge in [0.2, 0.25) is 0 Å². The molecule has 0 aromatic heterocycles. The van der Waals surface area contributed by atoms with E-state index in [2.05, 4.69) is 11.0 Å². The molecule has 0 N–H and O–H groups in total. The largest absolute Gasteiger partial charge is 0.462 e. The summed E-state index contributed by atoms with van der Waals surface area (Å²) in [7, 11) is 0. The Morgan fingerprint density at radius 2 is 2.04 bits per heavy atom. The zero-order chi connectivity index (χ0) is 16.1. The number of benzene rings is 1. The molecule has 0 saturated carbocycles. The molecule has 124 valence electrons. The Kier molecular flexibility index (Phi) is 5.47. The van der Waals surface area contributed by atoms with Crippen molar-refractivity contribution in [2.45, 2.75) is 32.2 Å². The summed E-state index contributed by atoms with van der Waals surface area (Å²) in [6.07, 6.45) is 5.68. The van der Waals surface area contributed by atoms with Crippen LogP contribution in [0.2, 0.25) is 0 Å². The van der Waals surface area contributed by atoms with Crippen LogP contribution in [-0.4, -0.2) is 49.8 Å². The van der Waals surface area contributed by atoms with Crippen LogP contribution < -0.4 is 0 Å².